The zero-order chi connectivity index (χ0) is 17.9. The van der Waals surface area contributed by atoms with Crippen LogP contribution < -0.4 is 4.57 Å². The Bertz CT molecular complexity index is 700. The highest BCUT2D eigenvalue weighted by Gasteiger charge is 2.32. The van der Waals surface area contributed by atoms with Crippen LogP contribution in [0.15, 0.2) is 30.5 Å². The molecule has 24 heavy (non-hydrogen) atoms. The third-order valence-electron chi connectivity index (χ3n) is 6.11. The smallest absolute Gasteiger partial charge is 0.198 e. The highest BCUT2D eigenvalue weighted by atomic mass is 15.0. The lowest BCUT2D eigenvalue weighted by atomic mass is 9.71. The first-order chi connectivity index (χ1) is 11.4. The minimum atomic E-state index is 0.267. The summed E-state index contributed by atoms with van der Waals surface area (Å²) in [6.07, 6.45) is 5.81. The van der Waals surface area contributed by atoms with Crippen molar-refractivity contribution in [3.8, 4) is 11.3 Å². The molecule has 0 unspecified atom stereocenters. The third kappa shape index (κ3) is 3.14. The molecule has 1 nitrogen and oxygen atoms in total. The Kier molecular flexibility index (Phi) is 5.85. The molecule has 0 aliphatic heterocycles. The van der Waals surface area contributed by atoms with E-state index in [1.54, 1.807) is 0 Å². The number of pyridine rings is 1. The van der Waals surface area contributed by atoms with Crippen molar-refractivity contribution in [2.45, 2.75) is 79.7 Å². The van der Waals surface area contributed by atoms with Crippen LogP contribution in [0.25, 0.3) is 11.3 Å². The van der Waals surface area contributed by atoms with E-state index in [2.05, 4.69) is 83.5 Å². The van der Waals surface area contributed by atoms with Gasteiger partial charge in [0.1, 0.15) is 6.54 Å². The fraction of sp³-hybridized carbons (Fsp3) is 0.522. The third-order valence-corrected chi connectivity index (χ3v) is 6.11. The van der Waals surface area contributed by atoms with Crippen molar-refractivity contribution in [3.63, 3.8) is 0 Å². The van der Waals surface area contributed by atoms with Gasteiger partial charge in [-0.1, -0.05) is 38.5 Å². The summed E-state index contributed by atoms with van der Waals surface area (Å²) < 4.78 is 2.40. The predicted octanol–water partition coefficient (Wildman–Crippen LogP) is 6.05. The molecule has 0 atom stereocenters. The summed E-state index contributed by atoms with van der Waals surface area (Å²) in [5.74, 6) is 0. The topological polar surface area (TPSA) is 3.88 Å². The van der Waals surface area contributed by atoms with Gasteiger partial charge in [-0.15, -0.1) is 0 Å². The summed E-state index contributed by atoms with van der Waals surface area (Å²) >= 11 is 0. The van der Waals surface area contributed by atoms with Gasteiger partial charge in [0, 0.05) is 11.6 Å². The number of aromatic nitrogens is 1. The molecule has 0 spiro atoms. The molecule has 0 aliphatic carbocycles. The van der Waals surface area contributed by atoms with Crippen LogP contribution in [0, 0.1) is 20.8 Å². The van der Waals surface area contributed by atoms with Crippen molar-refractivity contribution < 1.29 is 4.57 Å². The van der Waals surface area contributed by atoms with Gasteiger partial charge in [-0.3, -0.25) is 0 Å². The molecule has 0 radical (unpaired) electrons. The summed E-state index contributed by atoms with van der Waals surface area (Å²) in [6, 6.07) is 9.30. The quantitative estimate of drug-likeness (QED) is 0.569. The second kappa shape index (κ2) is 7.51. The first kappa shape index (κ1) is 18.7. The van der Waals surface area contributed by atoms with Crippen LogP contribution in [0.5, 0.6) is 0 Å². The van der Waals surface area contributed by atoms with Crippen LogP contribution in [0.2, 0.25) is 0 Å². The molecule has 0 N–H and O–H groups in total. The molecule has 0 fully saturated rings. The standard InChI is InChI=1S/C23H34N/c1-8-23(9-2,10-3)21-16-17(5)12-13-20(21)22-19(7)18(6)14-15-24(22)11-4/h12-16H,8-11H2,1-7H3/q+1. The zero-order valence-corrected chi connectivity index (χ0v) is 16.7. The van der Waals surface area contributed by atoms with E-state index in [1.165, 1.54) is 52.8 Å². The van der Waals surface area contributed by atoms with Crippen molar-refractivity contribution >= 4 is 0 Å². The van der Waals surface area contributed by atoms with Crippen LogP contribution in [-0.4, -0.2) is 0 Å². The van der Waals surface area contributed by atoms with Crippen molar-refractivity contribution in [2.24, 2.45) is 0 Å². The number of rotatable bonds is 6. The number of aryl methyl sites for hydroxylation is 3. The summed E-state index contributed by atoms with van der Waals surface area (Å²) in [5, 5.41) is 0. The molecule has 1 heterocycles. The molecule has 2 aromatic rings. The number of hydrogen-bond donors (Lipinski definition) is 0. The molecule has 1 heteroatoms. The first-order valence-electron chi connectivity index (χ1n) is 9.55. The Morgan fingerprint density at radius 1 is 0.875 bits per heavy atom. The van der Waals surface area contributed by atoms with E-state index in [9.17, 15) is 0 Å². The summed E-state index contributed by atoms with van der Waals surface area (Å²) in [5.41, 5.74) is 8.76. The highest BCUT2D eigenvalue weighted by molar-refractivity contribution is 5.67. The molecule has 130 valence electrons. The maximum atomic E-state index is 2.44. The molecule has 2 rings (SSSR count). The lowest BCUT2D eigenvalue weighted by Gasteiger charge is -2.33. The average Bonchev–Trinajstić information content (AvgIpc) is 2.60. The first-order valence-corrected chi connectivity index (χ1v) is 9.55. The Morgan fingerprint density at radius 2 is 1.50 bits per heavy atom. The second-order valence-electron chi connectivity index (χ2n) is 7.15. The summed E-state index contributed by atoms with van der Waals surface area (Å²) in [4.78, 5) is 0. The van der Waals surface area contributed by atoms with Crippen LogP contribution >= 0.6 is 0 Å². The van der Waals surface area contributed by atoms with E-state index >= 15 is 0 Å². The van der Waals surface area contributed by atoms with Gasteiger partial charge in [0.2, 0.25) is 5.69 Å². The van der Waals surface area contributed by atoms with Crippen LogP contribution in [0.1, 0.15) is 69.2 Å². The molecule has 0 bridgehead atoms. The SMILES string of the molecule is CC[n+]1ccc(C)c(C)c1-c1ccc(C)cc1C(CC)(CC)CC. The van der Waals surface area contributed by atoms with E-state index in [4.69, 9.17) is 0 Å². The van der Waals surface area contributed by atoms with Gasteiger partial charge in [-0.2, -0.15) is 4.57 Å². The van der Waals surface area contributed by atoms with Crippen LogP contribution in [0.4, 0.5) is 0 Å². The number of hydrogen-bond acceptors (Lipinski definition) is 0. The van der Waals surface area contributed by atoms with Gasteiger partial charge >= 0.3 is 0 Å². The number of nitrogens with zero attached hydrogens (tertiary/aromatic N) is 1. The van der Waals surface area contributed by atoms with Gasteiger partial charge < -0.3 is 0 Å². The Morgan fingerprint density at radius 3 is 2.04 bits per heavy atom. The van der Waals surface area contributed by atoms with Gasteiger partial charge in [-0.25, -0.2) is 0 Å². The summed E-state index contributed by atoms with van der Waals surface area (Å²) in [7, 11) is 0. The molecule has 1 aromatic heterocycles. The van der Waals surface area contributed by atoms with Crippen LogP contribution in [0.3, 0.4) is 0 Å². The minimum absolute atomic E-state index is 0.267. The van der Waals surface area contributed by atoms with Gasteiger partial charge in [0.05, 0.1) is 5.56 Å². The lowest BCUT2D eigenvalue weighted by molar-refractivity contribution is -0.683. The van der Waals surface area contributed by atoms with Gasteiger partial charge in [0.15, 0.2) is 6.20 Å². The zero-order valence-electron chi connectivity index (χ0n) is 16.7. The fourth-order valence-electron chi connectivity index (χ4n) is 4.05. The average molecular weight is 325 g/mol. The molecule has 0 aliphatic rings. The van der Waals surface area contributed by atoms with Crippen molar-refractivity contribution in [1.29, 1.82) is 0 Å². The second-order valence-corrected chi connectivity index (χ2v) is 7.15. The lowest BCUT2D eigenvalue weighted by Crippen LogP contribution is -2.37. The molecule has 0 saturated heterocycles. The van der Waals surface area contributed by atoms with Crippen molar-refractivity contribution in [3.05, 3.63) is 52.7 Å². The maximum Gasteiger partial charge on any atom is 0.215 e. The van der Waals surface area contributed by atoms with E-state index < -0.39 is 0 Å². The molecular weight excluding hydrogens is 290 g/mol. The monoisotopic (exact) mass is 324 g/mol. The fourth-order valence-corrected chi connectivity index (χ4v) is 4.05. The summed E-state index contributed by atoms with van der Waals surface area (Å²) in [6.45, 7) is 17.0. The van der Waals surface area contributed by atoms with E-state index in [-0.39, 0.29) is 5.41 Å². The maximum absolute atomic E-state index is 2.44. The Hall–Kier alpha value is -1.63. The highest BCUT2D eigenvalue weighted by Crippen LogP contribution is 2.41. The van der Waals surface area contributed by atoms with E-state index in [0.29, 0.717) is 0 Å². The van der Waals surface area contributed by atoms with Crippen molar-refractivity contribution in [2.75, 3.05) is 0 Å². The normalized spacial score (nSPS) is 11.8. The van der Waals surface area contributed by atoms with Gasteiger partial charge in [0.25, 0.3) is 0 Å². The molecule has 0 saturated carbocycles. The largest absolute Gasteiger partial charge is 0.215 e. The van der Waals surface area contributed by atoms with E-state index in [1.807, 2.05) is 0 Å². The van der Waals surface area contributed by atoms with Gasteiger partial charge in [-0.05, 0) is 69.6 Å². The van der Waals surface area contributed by atoms with Crippen LogP contribution in [-0.2, 0) is 12.0 Å². The predicted molar refractivity (Wildman–Crippen MR) is 105 cm³/mol. The Labute approximate surface area is 148 Å². The Balaban J connectivity index is 2.85. The van der Waals surface area contributed by atoms with Crippen molar-refractivity contribution in [1.82, 2.24) is 0 Å². The molecule has 1 aromatic carbocycles. The molecule has 0 amide bonds. The molecular formula is C23H34N+. The van der Waals surface area contributed by atoms with E-state index in [0.717, 1.165) is 6.54 Å². The number of benzene rings is 1. The minimum Gasteiger partial charge on any atom is -0.198 e.